The smallest absolute Gasteiger partial charge is 0.331 e. The van der Waals surface area contributed by atoms with Gasteiger partial charge in [0.05, 0.1) is 0 Å². The van der Waals surface area contributed by atoms with Crippen LogP contribution in [0.15, 0.2) is 24.3 Å². The van der Waals surface area contributed by atoms with E-state index in [0.29, 0.717) is 11.6 Å². The maximum Gasteiger partial charge on any atom is 0.331 e. The second-order valence-electron chi connectivity index (χ2n) is 4.32. The molecule has 1 atom stereocenters. The SMILES string of the molecule is CCNC(=O)[C@@H](C)OC(=O)/C=C/c1ccc(C)c(Cl)c1. The molecule has 4 nitrogen and oxygen atoms in total. The van der Waals surface area contributed by atoms with E-state index in [1.165, 1.54) is 13.0 Å². The average molecular weight is 296 g/mol. The van der Waals surface area contributed by atoms with Crippen molar-refractivity contribution < 1.29 is 14.3 Å². The Labute approximate surface area is 123 Å². The van der Waals surface area contributed by atoms with E-state index in [0.717, 1.165) is 11.1 Å². The first kappa shape index (κ1) is 16.2. The van der Waals surface area contributed by atoms with E-state index in [9.17, 15) is 9.59 Å². The Balaban J connectivity index is 2.59. The number of carbonyl (C=O) groups excluding carboxylic acids is 2. The molecule has 108 valence electrons. The highest BCUT2D eigenvalue weighted by Crippen LogP contribution is 2.17. The van der Waals surface area contributed by atoms with Gasteiger partial charge in [-0.1, -0.05) is 23.7 Å². The van der Waals surface area contributed by atoms with Crippen molar-refractivity contribution in [1.82, 2.24) is 5.32 Å². The first-order valence-electron chi connectivity index (χ1n) is 6.36. The molecule has 0 aliphatic rings. The van der Waals surface area contributed by atoms with Gasteiger partial charge < -0.3 is 10.1 Å². The van der Waals surface area contributed by atoms with Crippen LogP contribution in [-0.4, -0.2) is 24.5 Å². The van der Waals surface area contributed by atoms with Gasteiger partial charge in [0.15, 0.2) is 6.10 Å². The summed E-state index contributed by atoms with van der Waals surface area (Å²) in [5, 5.41) is 3.22. The highest BCUT2D eigenvalue weighted by molar-refractivity contribution is 6.31. The van der Waals surface area contributed by atoms with Crippen LogP contribution in [0.25, 0.3) is 6.08 Å². The highest BCUT2D eigenvalue weighted by atomic mass is 35.5. The summed E-state index contributed by atoms with van der Waals surface area (Å²) >= 11 is 5.99. The molecule has 0 aromatic heterocycles. The van der Waals surface area contributed by atoms with Gasteiger partial charge in [-0.2, -0.15) is 0 Å². The number of ether oxygens (including phenoxy) is 1. The minimum absolute atomic E-state index is 0.312. The quantitative estimate of drug-likeness (QED) is 0.671. The Morgan fingerprint density at radius 2 is 2.15 bits per heavy atom. The Kier molecular flexibility index (Phi) is 6.25. The van der Waals surface area contributed by atoms with E-state index in [4.69, 9.17) is 16.3 Å². The molecule has 0 bridgehead atoms. The minimum atomic E-state index is -0.811. The van der Waals surface area contributed by atoms with Gasteiger partial charge in [-0.15, -0.1) is 0 Å². The van der Waals surface area contributed by atoms with Crippen LogP contribution in [0.1, 0.15) is 25.0 Å². The lowest BCUT2D eigenvalue weighted by Gasteiger charge is -2.10. The van der Waals surface area contributed by atoms with Crippen LogP contribution in [0.3, 0.4) is 0 Å². The summed E-state index contributed by atoms with van der Waals surface area (Å²) in [4.78, 5) is 23.0. The highest BCUT2D eigenvalue weighted by Gasteiger charge is 2.14. The molecule has 20 heavy (non-hydrogen) atoms. The zero-order valence-electron chi connectivity index (χ0n) is 11.8. The van der Waals surface area contributed by atoms with Crippen LogP contribution < -0.4 is 5.32 Å². The standard InChI is InChI=1S/C15H18ClNO3/c1-4-17-15(19)11(3)20-14(18)8-7-12-6-5-10(2)13(16)9-12/h5-9,11H,4H2,1-3H3,(H,17,19)/b8-7+/t11-/m1/s1. The van der Waals surface area contributed by atoms with Gasteiger partial charge in [0.2, 0.25) is 0 Å². The molecule has 1 aromatic carbocycles. The molecule has 0 heterocycles. The number of rotatable bonds is 5. The van der Waals surface area contributed by atoms with Gasteiger partial charge in [0.25, 0.3) is 5.91 Å². The topological polar surface area (TPSA) is 55.4 Å². The molecule has 1 N–H and O–H groups in total. The molecular weight excluding hydrogens is 278 g/mol. The van der Waals surface area contributed by atoms with E-state index in [1.807, 2.05) is 19.1 Å². The lowest BCUT2D eigenvalue weighted by molar-refractivity contribution is -0.150. The molecular formula is C15H18ClNO3. The molecule has 1 aromatic rings. The second-order valence-corrected chi connectivity index (χ2v) is 4.72. The zero-order chi connectivity index (χ0) is 15.1. The van der Waals surface area contributed by atoms with Crippen molar-refractivity contribution in [2.75, 3.05) is 6.54 Å². The van der Waals surface area contributed by atoms with E-state index in [1.54, 1.807) is 19.1 Å². The minimum Gasteiger partial charge on any atom is -0.449 e. The Morgan fingerprint density at radius 1 is 1.45 bits per heavy atom. The van der Waals surface area contributed by atoms with Gasteiger partial charge >= 0.3 is 5.97 Å². The van der Waals surface area contributed by atoms with Crippen molar-refractivity contribution in [2.45, 2.75) is 26.9 Å². The number of nitrogens with one attached hydrogen (secondary N) is 1. The zero-order valence-corrected chi connectivity index (χ0v) is 12.5. The molecule has 0 saturated heterocycles. The second kappa shape index (κ2) is 7.70. The number of esters is 1. The summed E-state index contributed by atoms with van der Waals surface area (Å²) in [7, 11) is 0. The number of carbonyl (C=O) groups is 2. The Morgan fingerprint density at radius 3 is 2.75 bits per heavy atom. The van der Waals surface area contributed by atoms with Crippen molar-refractivity contribution in [3.05, 3.63) is 40.4 Å². The van der Waals surface area contributed by atoms with Crippen LogP contribution in [0.4, 0.5) is 0 Å². The number of aryl methyl sites for hydroxylation is 1. The van der Waals surface area contributed by atoms with E-state index in [2.05, 4.69) is 5.32 Å². The number of amides is 1. The van der Waals surface area contributed by atoms with Crippen LogP contribution in [0.2, 0.25) is 5.02 Å². The molecule has 0 fully saturated rings. The van der Waals surface area contributed by atoms with Crippen molar-refractivity contribution >= 4 is 29.6 Å². The first-order valence-corrected chi connectivity index (χ1v) is 6.74. The molecule has 1 rings (SSSR count). The van der Waals surface area contributed by atoms with Crippen LogP contribution in [0, 0.1) is 6.92 Å². The number of halogens is 1. The summed E-state index contributed by atoms with van der Waals surface area (Å²) in [5.74, 6) is -0.881. The number of benzene rings is 1. The molecule has 0 radical (unpaired) electrons. The fourth-order valence-corrected chi connectivity index (χ4v) is 1.65. The maximum absolute atomic E-state index is 11.6. The normalized spacial score (nSPS) is 12.2. The number of likely N-dealkylation sites (N-methyl/N-ethyl adjacent to an activating group) is 1. The van der Waals surface area contributed by atoms with Gasteiger partial charge in [-0.25, -0.2) is 4.79 Å². The third kappa shape index (κ3) is 5.05. The molecule has 0 saturated carbocycles. The summed E-state index contributed by atoms with van der Waals surface area (Å²) in [6, 6.07) is 5.47. The van der Waals surface area contributed by atoms with Crippen molar-refractivity contribution in [3.63, 3.8) is 0 Å². The molecule has 0 spiro atoms. The third-order valence-electron chi connectivity index (χ3n) is 2.62. The van der Waals surface area contributed by atoms with Crippen LogP contribution in [0.5, 0.6) is 0 Å². The summed E-state index contributed by atoms with van der Waals surface area (Å²) in [5.41, 5.74) is 1.76. The molecule has 0 unspecified atom stereocenters. The Hall–Kier alpha value is -1.81. The maximum atomic E-state index is 11.6. The molecule has 5 heteroatoms. The van der Waals surface area contributed by atoms with Gasteiger partial charge in [-0.3, -0.25) is 4.79 Å². The van der Waals surface area contributed by atoms with Crippen LogP contribution >= 0.6 is 11.6 Å². The predicted octanol–water partition coefficient (Wildman–Crippen LogP) is 2.73. The first-order chi connectivity index (χ1) is 9.43. The molecule has 0 aliphatic carbocycles. The van der Waals surface area contributed by atoms with Gasteiger partial charge in [-0.05, 0) is 44.0 Å². The summed E-state index contributed by atoms with van der Waals surface area (Å²) in [6.07, 6.45) is 2.06. The molecule has 0 aliphatic heterocycles. The monoisotopic (exact) mass is 295 g/mol. The fourth-order valence-electron chi connectivity index (χ4n) is 1.46. The lowest BCUT2D eigenvalue weighted by Crippen LogP contribution is -2.35. The lowest BCUT2D eigenvalue weighted by atomic mass is 10.1. The summed E-state index contributed by atoms with van der Waals surface area (Å²) in [6.45, 7) is 5.73. The predicted molar refractivity (Wildman–Crippen MR) is 79.5 cm³/mol. The molecule has 1 amide bonds. The fraction of sp³-hybridized carbons (Fsp3) is 0.333. The van der Waals surface area contributed by atoms with E-state index in [-0.39, 0.29) is 5.91 Å². The third-order valence-corrected chi connectivity index (χ3v) is 3.03. The summed E-state index contributed by atoms with van der Waals surface area (Å²) < 4.78 is 4.97. The number of hydrogen-bond donors (Lipinski definition) is 1. The number of hydrogen-bond acceptors (Lipinski definition) is 3. The van der Waals surface area contributed by atoms with Crippen molar-refractivity contribution in [1.29, 1.82) is 0 Å². The van der Waals surface area contributed by atoms with Crippen molar-refractivity contribution in [3.8, 4) is 0 Å². The largest absolute Gasteiger partial charge is 0.449 e. The Bertz CT molecular complexity index is 526. The average Bonchev–Trinajstić information content (AvgIpc) is 2.40. The van der Waals surface area contributed by atoms with E-state index >= 15 is 0 Å². The van der Waals surface area contributed by atoms with E-state index < -0.39 is 12.1 Å². The van der Waals surface area contributed by atoms with Gasteiger partial charge in [0.1, 0.15) is 0 Å². The van der Waals surface area contributed by atoms with Crippen molar-refractivity contribution in [2.24, 2.45) is 0 Å². The van der Waals surface area contributed by atoms with Crippen LogP contribution in [-0.2, 0) is 14.3 Å². The van der Waals surface area contributed by atoms with Gasteiger partial charge in [0, 0.05) is 17.6 Å².